The van der Waals surface area contributed by atoms with Crippen molar-refractivity contribution in [1.29, 1.82) is 0 Å². The Bertz CT molecular complexity index is 307. The molecule has 4 atom stereocenters. The molecule has 2 heterocycles. The highest BCUT2D eigenvalue weighted by Crippen LogP contribution is 2.42. The van der Waals surface area contributed by atoms with E-state index >= 15 is 0 Å². The normalized spacial score (nSPS) is 41.2. The average Bonchev–Trinajstić information content (AvgIpc) is 3.22. The second kappa shape index (κ2) is 5.53. The van der Waals surface area contributed by atoms with Gasteiger partial charge in [0.15, 0.2) is 0 Å². The molecule has 0 radical (unpaired) electrons. The van der Waals surface area contributed by atoms with Gasteiger partial charge in [-0.1, -0.05) is 61.8 Å². The summed E-state index contributed by atoms with van der Waals surface area (Å²) in [5, 5.41) is 13.8. The first-order valence-electron chi connectivity index (χ1n) is 8.93. The number of hydrogen-bond donors (Lipinski definition) is 0. The molecule has 112 valence electrons. The molecule has 0 aromatic heterocycles. The SMILES string of the molecule is C1CCCC2C(CC1)N2/N=N/N1C2CCCCCCC21. The lowest BCUT2D eigenvalue weighted by molar-refractivity contribution is 0.369. The minimum absolute atomic E-state index is 0.728. The summed E-state index contributed by atoms with van der Waals surface area (Å²) >= 11 is 0. The summed E-state index contributed by atoms with van der Waals surface area (Å²) in [7, 11) is 0. The molecule has 4 aliphatic rings. The Morgan fingerprint density at radius 1 is 0.450 bits per heavy atom. The van der Waals surface area contributed by atoms with Gasteiger partial charge in [-0.2, -0.15) is 0 Å². The van der Waals surface area contributed by atoms with Crippen molar-refractivity contribution < 1.29 is 0 Å². The van der Waals surface area contributed by atoms with Crippen LogP contribution in [0.25, 0.3) is 0 Å². The van der Waals surface area contributed by atoms with E-state index in [0.717, 1.165) is 24.2 Å². The molecule has 4 fully saturated rings. The Balaban J connectivity index is 1.31. The van der Waals surface area contributed by atoms with Crippen LogP contribution in [-0.4, -0.2) is 34.2 Å². The zero-order valence-corrected chi connectivity index (χ0v) is 12.6. The van der Waals surface area contributed by atoms with Crippen LogP contribution in [0.15, 0.2) is 10.4 Å². The lowest BCUT2D eigenvalue weighted by Crippen LogP contribution is -1.97. The van der Waals surface area contributed by atoms with Gasteiger partial charge in [0.05, 0.1) is 24.2 Å². The predicted octanol–water partition coefficient (Wildman–Crippen LogP) is 4.08. The zero-order valence-electron chi connectivity index (χ0n) is 12.6. The molecule has 4 unspecified atom stereocenters. The highest BCUT2D eigenvalue weighted by atomic mass is 15.8. The third-order valence-corrected chi connectivity index (χ3v) is 5.81. The van der Waals surface area contributed by atoms with Crippen LogP contribution in [0.3, 0.4) is 0 Å². The Labute approximate surface area is 122 Å². The maximum absolute atomic E-state index is 4.60. The Morgan fingerprint density at radius 3 is 1.05 bits per heavy atom. The summed E-state index contributed by atoms with van der Waals surface area (Å²) in [6, 6.07) is 2.91. The number of nitrogens with zero attached hydrogens (tertiary/aromatic N) is 4. The summed E-state index contributed by atoms with van der Waals surface area (Å²) in [6.07, 6.45) is 16.6. The zero-order chi connectivity index (χ0) is 13.4. The van der Waals surface area contributed by atoms with Crippen molar-refractivity contribution >= 4 is 0 Å². The standard InChI is InChI=1S/C16H28N4/c1-2-6-10-14-13(9-5-1)19(14)17-18-20-15-11-7-3-4-8-12-16(15)20/h13-16H,1-12H2/b18-17+. The van der Waals surface area contributed by atoms with Gasteiger partial charge in [0.25, 0.3) is 0 Å². The molecule has 0 amide bonds. The number of rotatable bonds is 2. The summed E-state index contributed by atoms with van der Waals surface area (Å²) in [5.41, 5.74) is 0. The molecule has 20 heavy (non-hydrogen) atoms. The highest BCUT2D eigenvalue weighted by Gasteiger charge is 2.49. The van der Waals surface area contributed by atoms with Crippen LogP contribution in [0.2, 0.25) is 0 Å². The number of fused-ring (bicyclic) bond motifs is 2. The van der Waals surface area contributed by atoms with Gasteiger partial charge in [-0.3, -0.25) is 10.0 Å². The Kier molecular flexibility index (Phi) is 3.57. The highest BCUT2D eigenvalue weighted by molar-refractivity contribution is 5.01. The van der Waals surface area contributed by atoms with Gasteiger partial charge in [-0.15, -0.1) is 0 Å². The fourth-order valence-corrected chi connectivity index (χ4v) is 4.42. The predicted molar refractivity (Wildman–Crippen MR) is 79.1 cm³/mol. The first kappa shape index (κ1) is 12.9. The fourth-order valence-electron chi connectivity index (χ4n) is 4.42. The van der Waals surface area contributed by atoms with E-state index in [1.807, 2.05) is 0 Å². The smallest absolute Gasteiger partial charge is 0.0713 e. The van der Waals surface area contributed by atoms with E-state index in [-0.39, 0.29) is 0 Å². The van der Waals surface area contributed by atoms with E-state index in [2.05, 4.69) is 20.5 Å². The summed E-state index contributed by atoms with van der Waals surface area (Å²) in [5.74, 6) is 0. The average molecular weight is 276 g/mol. The largest absolute Gasteiger partial charge is 0.267 e. The fraction of sp³-hybridized carbons (Fsp3) is 1.00. The third kappa shape index (κ3) is 2.53. The van der Waals surface area contributed by atoms with Crippen molar-refractivity contribution in [2.75, 3.05) is 0 Å². The molecule has 0 aromatic rings. The van der Waals surface area contributed by atoms with Gasteiger partial charge in [0, 0.05) is 0 Å². The van der Waals surface area contributed by atoms with Crippen molar-refractivity contribution in [2.24, 2.45) is 10.4 Å². The Morgan fingerprint density at radius 2 is 0.750 bits per heavy atom. The second-order valence-electron chi connectivity index (χ2n) is 7.19. The molecular weight excluding hydrogens is 248 g/mol. The van der Waals surface area contributed by atoms with Crippen LogP contribution >= 0.6 is 0 Å². The first-order valence-corrected chi connectivity index (χ1v) is 8.93. The van der Waals surface area contributed by atoms with Crippen molar-refractivity contribution in [1.82, 2.24) is 10.0 Å². The van der Waals surface area contributed by atoms with Gasteiger partial charge >= 0.3 is 0 Å². The monoisotopic (exact) mass is 276 g/mol. The summed E-state index contributed by atoms with van der Waals surface area (Å²) in [6.45, 7) is 0. The van der Waals surface area contributed by atoms with Crippen LogP contribution in [0, 0.1) is 0 Å². The summed E-state index contributed by atoms with van der Waals surface area (Å²) < 4.78 is 0. The third-order valence-electron chi connectivity index (χ3n) is 5.81. The van der Waals surface area contributed by atoms with Crippen LogP contribution < -0.4 is 0 Å². The molecule has 2 aliphatic carbocycles. The van der Waals surface area contributed by atoms with Crippen molar-refractivity contribution in [3.63, 3.8) is 0 Å². The molecule has 0 bridgehead atoms. The van der Waals surface area contributed by atoms with Crippen LogP contribution in [0.5, 0.6) is 0 Å². The van der Waals surface area contributed by atoms with E-state index in [0.29, 0.717) is 0 Å². The van der Waals surface area contributed by atoms with E-state index < -0.39 is 0 Å². The number of hydrogen-bond acceptors (Lipinski definition) is 2. The quantitative estimate of drug-likeness (QED) is 0.562. The van der Waals surface area contributed by atoms with Crippen LogP contribution in [-0.2, 0) is 0 Å². The lowest BCUT2D eigenvalue weighted by Gasteiger charge is -2.02. The van der Waals surface area contributed by atoms with Crippen molar-refractivity contribution in [2.45, 2.75) is 101 Å². The van der Waals surface area contributed by atoms with Gasteiger partial charge < -0.3 is 0 Å². The molecule has 4 rings (SSSR count). The van der Waals surface area contributed by atoms with Crippen LogP contribution in [0.1, 0.15) is 77.0 Å². The molecule has 2 aliphatic heterocycles. The van der Waals surface area contributed by atoms with E-state index in [1.54, 1.807) is 0 Å². The molecule has 4 heteroatoms. The minimum atomic E-state index is 0.728. The molecule has 2 saturated carbocycles. The molecule has 0 aromatic carbocycles. The van der Waals surface area contributed by atoms with Crippen molar-refractivity contribution in [3.05, 3.63) is 0 Å². The van der Waals surface area contributed by atoms with Crippen LogP contribution in [0.4, 0.5) is 0 Å². The van der Waals surface area contributed by atoms with E-state index in [4.69, 9.17) is 0 Å². The molecule has 4 nitrogen and oxygen atoms in total. The second-order valence-corrected chi connectivity index (χ2v) is 7.19. The van der Waals surface area contributed by atoms with Gasteiger partial charge in [0.1, 0.15) is 0 Å². The van der Waals surface area contributed by atoms with E-state index in [9.17, 15) is 0 Å². The van der Waals surface area contributed by atoms with Crippen molar-refractivity contribution in [3.8, 4) is 0 Å². The topological polar surface area (TPSA) is 30.7 Å². The lowest BCUT2D eigenvalue weighted by atomic mass is 10.0. The first-order chi connectivity index (χ1) is 9.95. The maximum Gasteiger partial charge on any atom is 0.0713 e. The molecule has 0 N–H and O–H groups in total. The Hall–Kier alpha value is -0.800. The molecule has 0 spiro atoms. The molecular formula is C16H28N4. The van der Waals surface area contributed by atoms with Gasteiger partial charge in [-0.25, -0.2) is 0 Å². The van der Waals surface area contributed by atoms with Gasteiger partial charge in [0.2, 0.25) is 0 Å². The summed E-state index contributed by atoms with van der Waals surface area (Å²) in [4.78, 5) is 0. The van der Waals surface area contributed by atoms with E-state index in [1.165, 1.54) is 77.0 Å². The van der Waals surface area contributed by atoms with Gasteiger partial charge in [-0.05, 0) is 25.7 Å². The minimum Gasteiger partial charge on any atom is -0.267 e. The molecule has 2 saturated heterocycles. The maximum atomic E-state index is 4.60.